The van der Waals surface area contributed by atoms with Gasteiger partial charge in [0.2, 0.25) is 0 Å². The van der Waals surface area contributed by atoms with Crippen molar-refractivity contribution in [3.05, 3.63) is 59.5 Å². The topological polar surface area (TPSA) is 59.5 Å². The number of carbonyl (C=O) groups is 1. The molecule has 0 saturated carbocycles. The number of hydrogen-bond donors (Lipinski definition) is 1. The van der Waals surface area contributed by atoms with Crippen molar-refractivity contribution in [1.82, 2.24) is 4.90 Å². The van der Waals surface area contributed by atoms with Crippen LogP contribution >= 0.6 is 12.4 Å². The van der Waals surface area contributed by atoms with E-state index in [1.54, 1.807) is 6.07 Å². The minimum absolute atomic E-state index is 0. The monoisotopic (exact) mass is 334 g/mol. The van der Waals surface area contributed by atoms with Crippen molar-refractivity contribution in [1.29, 1.82) is 0 Å². The molecule has 4 nitrogen and oxygen atoms in total. The number of nitrogens with zero attached hydrogens (tertiary/aromatic N) is 1. The fraction of sp³-hybridized carbons (Fsp3) is 0.389. The zero-order valence-electron chi connectivity index (χ0n) is 13.1. The van der Waals surface area contributed by atoms with Crippen molar-refractivity contribution >= 4 is 18.3 Å². The zero-order chi connectivity index (χ0) is 15.4. The van der Waals surface area contributed by atoms with E-state index in [0.717, 1.165) is 25.8 Å². The third kappa shape index (κ3) is 3.95. The van der Waals surface area contributed by atoms with Gasteiger partial charge in [-0.15, -0.1) is 12.4 Å². The Hall–Kier alpha value is -1.78. The lowest BCUT2D eigenvalue weighted by atomic mass is 10.0. The fourth-order valence-corrected chi connectivity index (χ4v) is 3.14. The quantitative estimate of drug-likeness (QED) is 0.925. The van der Waals surface area contributed by atoms with Gasteiger partial charge in [-0.05, 0) is 24.5 Å². The molecule has 1 aromatic carbocycles. The molecule has 2 N–H and O–H groups in total. The maximum Gasteiger partial charge on any atom is 0.257 e. The molecule has 1 saturated heterocycles. The number of furan rings is 1. The summed E-state index contributed by atoms with van der Waals surface area (Å²) in [5.74, 6) is 0.689. The predicted octanol–water partition coefficient (Wildman–Crippen LogP) is 3.92. The molecule has 1 aliphatic rings. The van der Waals surface area contributed by atoms with Gasteiger partial charge in [-0.1, -0.05) is 43.2 Å². The molecule has 124 valence electrons. The van der Waals surface area contributed by atoms with E-state index in [2.05, 4.69) is 12.1 Å². The first-order valence-electron chi connectivity index (χ1n) is 7.93. The average molecular weight is 335 g/mol. The molecule has 5 heteroatoms. The van der Waals surface area contributed by atoms with Gasteiger partial charge in [0.15, 0.2) is 0 Å². The summed E-state index contributed by atoms with van der Waals surface area (Å²) in [6, 6.07) is 12.2. The van der Waals surface area contributed by atoms with Crippen molar-refractivity contribution in [2.45, 2.75) is 38.3 Å². The minimum atomic E-state index is 0. The van der Waals surface area contributed by atoms with Gasteiger partial charge in [0, 0.05) is 6.54 Å². The molecule has 0 aliphatic carbocycles. The minimum Gasteiger partial charge on any atom is -0.467 e. The van der Waals surface area contributed by atoms with Crippen LogP contribution in [-0.2, 0) is 6.54 Å². The molecule has 1 aliphatic heterocycles. The summed E-state index contributed by atoms with van der Waals surface area (Å²) in [7, 11) is 0. The Bertz CT molecular complexity index is 627. The van der Waals surface area contributed by atoms with E-state index in [-0.39, 0.29) is 24.4 Å². The molecule has 3 rings (SSSR count). The number of carbonyl (C=O) groups excluding carboxylic acids is 1. The second kappa shape index (κ2) is 8.18. The highest BCUT2D eigenvalue weighted by Gasteiger charge is 2.28. The number of likely N-dealkylation sites (tertiary alicyclic amines) is 1. The fourth-order valence-electron chi connectivity index (χ4n) is 3.14. The van der Waals surface area contributed by atoms with Gasteiger partial charge in [-0.3, -0.25) is 4.79 Å². The van der Waals surface area contributed by atoms with Gasteiger partial charge in [0.1, 0.15) is 12.0 Å². The van der Waals surface area contributed by atoms with E-state index in [9.17, 15) is 4.79 Å². The van der Waals surface area contributed by atoms with Crippen molar-refractivity contribution in [2.75, 3.05) is 6.54 Å². The molecule has 1 unspecified atom stereocenters. The number of hydrogen-bond acceptors (Lipinski definition) is 3. The molecular formula is C18H23ClN2O2. The lowest BCUT2D eigenvalue weighted by Gasteiger charge is -2.30. The van der Waals surface area contributed by atoms with Crippen molar-refractivity contribution < 1.29 is 9.21 Å². The van der Waals surface area contributed by atoms with Crippen LogP contribution in [-0.4, -0.2) is 17.4 Å². The van der Waals surface area contributed by atoms with Crippen LogP contribution < -0.4 is 5.73 Å². The molecular weight excluding hydrogens is 312 g/mol. The molecule has 1 aromatic heterocycles. The molecule has 1 amide bonds. The van der Waals surface area contributed by atoms with Crippen LogP contribution in [0.5, 0.6) is 0 Å². The largest absolute Gasteiger partial charge is 0.467 e. The highest BCUT2D eigenvalue weighted by Crippen LogP contribution is 2.31. The summed E-state index contributed by atoms with van der Waals surface area (Å²) in [6.45, 7) is 1.11. The van der Waals surface area contributed by atoms with E-state index in [1.807, 2.05) is 23.1 Å². The summed E-state index contributed by atoms with van der Waals surface area (Å²) >= 11 is 0. The van der Waals surface area contributed by atoms with Crippen LogP contribution in [0.2, 0.25) is 0 Å². The molecule has 1 atom stereocenters. The normalized spacial score (nSPS) is 18.1. The Morgan fingerprint density at radius 3 is 2.70 bits per heavy atom. The predicted molar refractivity (Wildman–Crippen MR) is 92.5 cm³/mol. The van der Waals surface area contributed by atoms with Gasteiger partial charge in [0.25, 0.3) is 5.91 Å². The molecule has 0 spiro atoms. The van der Waals surface area contributed by atoms with Gasteiger partial charge >= 0.3 is 0 Å². The summed E-state index contributed by atoms with van der Waals surface area (Å²) in [5, 5.41) is 0. The Morgan fingerprint density at radius 2 is 2.00 bits per heavy atom. The standard InChI is InChI=1S/C18H22N2O2.ClH/c19-12-16-11-15(13-22-16)18(21)20-10-6-2-5-9-17(20)14-7-3-1-4-8-14;/h1,3-4,7-8,11,13,17H,2,5-6,9-10,12,19H2;1H. The first-order valence-corrected chi connectivity index (χ1v) is 7.93. The lowest BCUT2D eigenvalue weighted by Crippen LogP contribution is -2.34. The Kier molecular flexibility index (Phi) is 6.25. The Balaban J connectivity index is 0.00000192. The van der Waals surface area contributed by atoms with Crippen molar-refractivity contribution in [3.63, 3.8) is 0 Å². The van der Waals surface area contributed by atoms with E-state index in [0.29, 0.717) is 17.9 Å². The van der Waals surface area contributed by atoms with Crippen LogP contribution in [0.3, 0.4) is 0 Å². The van der Waals surface area contributed by atoms with E-state index < -0.39 is 0 Å². The van der Waals surface area contributed by atoms with Gasteiger partial charge in [-0.2, -0.15) is 0 Å². The third-order valence-electron chi connectivity index (χ3n) is 4.30. The molecule has 0 radical (unpaired) electrons. The number of rotatable bonds is 3. The van der Waals surface area contributed by atoms with Crippen LogP contribution in [0.4, 0.5) is 0 Å². The Morgan fingerprint density at radius 1 is 1.22 bits per heavy atom. The maximum absolute atomic E-state index is 12.9. The van der Waals surface area contributed by atoms with Gasteiger partial charge in [-0.25, -0.2) is 0 Å². The number of amides is 1. The molecule has 2 heterocycles. The van der Waals surface area contributed by atoms with Crippen LogP contribution in [0.25, 0.3) is 0 Å². The highest BCUT2D eigenvalue weighted by molar-refractivity contribution is 5.94. The van der Waals surface area contributed by atoms with E-state index >= 15 is 0 Å². The van der Waals surface area contributed by atoms with Crippen molar-refractivity contribution in [2.24, 2.45) is 5.73 Å². The smallest absolute Gasteiger partial charge is 0.257 e. The first-order chi connectivity index (χ1) is 10.8. The third-order valence-corrected chi connectivity index (χ3v) is 4.30. The van der Waals surface area contributed by atoms with Gasteiger partial charge in [0.05, 0.1) is 18.2 Å². The average Bonchev–Trinajstić information content (AvgIpc) is 2.92. The first kappa shape index (κ1) is 17.6. The van der Waals surface area contributed by atoms with Crippen LogP contribution in [0, 0.1) is 0 Å². The summed E-state index contributed by atoms with van der Waals surface area (Å²) in [6.07, 6.45) is 5.92. The summed E-state index contributed by atoms with van der Waals surface area (Å²) < 4.78 is 5.33. The molecule has 1 fully saturated rings. The molecule has 0 bridgehead atoms. The summed E-state index contributed by atoms with van der Waals surface area (Å²) in [4.78, 5) is 14.9. The summed E-state index contributed by atoms with van der Waals surface area (Å²) in [5.41, 5.74) is 7.38. The lowest BCUT2D eigenvalue weighted by molar-refractivity contribution is 0.0680. The maximum atomic E-state index is 12.9. The highest BCUT2D eigenvalue weighted by atomic mass is 35.5. The SMILES string of the molecule is Cl.NCc1cc(C(=O)N2CCCCCC2c2ccccc2)co1. The molecule has 2 aromatic rings. The van der Waals surface area contributed by atoms with E-state index in [4.69, 9.17) is 10.2 Å². The molecule has 23 heavy (non-hydrogen) atoms. The zero-order valence-corrected chi connectivity index (χ0v) is 13.9. The number of nitrogens with two attached hydrogens (primary N) is 1. The number of halogens is 1. The van der Waals surface area contributed by atoms with E-state index in [1.165, 1.54) is 18.2 Å². The van der Waals surface area contributed by atoms with Gasteiger partial charge < -0.3 is 15.1 Å². The van der Waals surface area contributed by atoms with Crippen molar-refractivity contribution in [3.8, 4) is 0 Å². The second-order valence-electron chi connectivity index (χ2n) is 5.78. The van der Waals surface area contributed by atoms with Crippen LogP contribution in [0.15, 0.2) is 47.1 Å². The van der Waals surface area contributed by atoms with Crippen LogP contribution in [0.1, 0.15) is 53.4 Å². The second-order valence-corrected chi connectivity index (χ2v) is 5.78. The Labute approximate surface area is 143 Å². The number of benzene rings is 1.